The van der Waals surface area contributed by atoms with Crippen molar-refractivity contribution in [1.82, 2.24) is 0 Å². The van der Waals surface area contributed by atoms with E-state index in [0.29, 0.717) is 12.2 Å². The van der Waals surface area contributed by atoms with Gasteiger partial charge in [-0.1, -0.05) is 11.6 Å². The number of nitro groups is 1. The van der Waals surface area contributed by atoms with Crippen molar-refractivity contribution in [2.24, 2.45) is 0 Å². The number of hydrogen-bond acceptors (Lipinski definition) is 5. The van der Waals surface area contributed by atoms with E-state index < -0.39 is 14.8 Å². The highest BCUT2D eigenvalue weighted by Crippen LogP contribution is 2.28. The number of anilines is 1. The van der Waals surface area contributed by atoms with Gasteiger partial charge in [0.2, 0.25) is 0 Å². The number of rotatable bonds is 6. The average Bonchev–Trinajstić information content (AvgIpc) is 2.90. The molecule has 0 amide bonds. The zero-order valence-electron chi connectivity index (χ0n) is 11.8. The van der Waals surface area contributed by atoms with Crippen LogP contribution in [0.5, 0.6) is 0 Å². The molecule has 6 nitrogen and oxygen atoms in total. The zero-order chi connectivity index (χ0) is 15.5. The molecular weight excluding hydrogens is 292 g/mol. The minimum atomic E-state index is -3.45. The van der Waals surface area contributed by atoms with Crippen LogP contribution < -0.4 is 5.32 Å². The molecule has 0 fully saturated rings. The molecule has 1 aliphatic carbocycles. The summed E-state index contributed by atoms with van der Waals surface area (Å²) in [5.41, 5.74) is 1.52. The predicted molar refractivity (Wildman–Crippen MR) is 81.2 cm³/mol. The second-order valence-electron chi connectivity index (χ2n) is 5.14. The quantitative estimate of drug-likeness (QED) is 0.496. The van der Waals surface area contributed by atoms with E-state index >= 15 is 0 Å². The van der Waals surface area contributed by atoms with E-state index in [2.05, 4.69) is 11.4 Å². The Hall–Kier alpha value is -1.89. The Labute approximate surface area is 123 Å². The van der Waals surface area contributed by atoms with Crippen molar-refractivity contribution >= 4 is 21.2 Å². The van der Waals surface area contributed by atoms with Gasteiger partial charge >= 0.3 is 0 Å². The van der Waals surface area contributed by atoms with Gasteiger partial charge in [0.15, 0.2) is 9.84 Å². The Morgan fingerprint density at radius 1 is 1.38 bits per heavy atom. The molecule has 0 saturated carbocycles. The molecule has 2 rings (SSSR count). The first-order valence-electron chi connectivity index (χ1n) is 6.78. The molecule has 0 aromatic heterocycles. The van der Waals surface area contributed by atoms with Crippen LogP contribution >= 0.6 is 0 Å². The number of allylic oxidation sites excluding steroid dienone is 1. The first kappa shape index (κ1) is 15.5. The molecule has 0 atom stereocenters. The smallest absolute Gasteiger partial charge is 0.293 e. The highest BCUT2D eigenvalue weighted by atomic mass is 32.2. The fourth-order valence-electron chi connectivity index (χ4n) is 2.36. The maximum absolute atomic E-state index is 11.5. The zero-order valence-corrected chi connectivity index (χ0v) is 12.6. The molecule has 21 heavy (non-hydrogen) atoms. The lowest BCUT2D eigenvalue weighted by Gasteiger charge is -2.08. The van der Waals surface area contributed by atoms with Crippen LogP contribution in [-0.2, 0) is 9.84 Å². The SMILES string of the molecule is CS(=O)(=O)c1ccc(NCCC2=CCCC2)c([N+](=O)[O-])c1. The molecule has 0 heterocycles. The van der Waals surface area contributed by atoms with E-state index in [1.807, 2.05) is 0 Å². The molecule has 0 spiro atoms. The van der Waals surface area contributed by atoms with Crippen LogP contribution in [0.1, 0.15) is 25.7 Å². The number of hydrogen-bond donors (Lipinski definition) is 1. The molecule has 0 radical (unpaired) electrons. The van der Waals surface area contributed by atoms with Gasteiger partial charge in [-0.05, 0) is 37.8 Å². The van der Waals surface area contributed by atoms with E-state index in [1.165, 1.54) is 24.1 Å². The summed E-state index contributed by atoms with van der Waals surface area (Å²) in [6.07, 6.45) is 7.48. The minimum Gasteiger partial charge on any atom is -0.379 e. The van der Waals surface area contributed by atoms with Gasteiger partial charge < -0.3 is 5.32 Å². The normalized spacial score (nSPS) is 14.8. The molecule has 1 aromatic rings. The van der Waals surface area contributed by atoms with Crippen molar-refractivity contribution in [3.05, 3.63) is 40.0 Å². The standard InChI is InChI=1S/C14H18N2O4S/c1-21(19,20)12-6-7-13(14(10-12)16(17)18)15-9-8-11-4-2-3-5-11/h4,6-7,10,15H,2-3,5,8-9H2,1H3. The Morgan fingerprint density at radius 2 is 2.14 bits per heavy atom. The molecule has 1 N–H and O–H groups in total. The number of nitro benzene ring substituents is 1. The molecule has 7 heteroatoms. The predicted octanol–water partition coefficient (Wildman–Crippen LogP) is 2.91. The van der Waals surface area contributed by atoms with Crippen molar-refractivity contribution in [3.8, 4) is 0 Å². The molecular formula is C14H18N2O4S. The number of nitrogens with zero attached hydrogens (tertiary/aromatic N) is 1. The third-order valence-corrected chi connectivity index (χ3v) is 4.60. The summed E-state index contributed by atoms with van der Waals surface area (Å²) < 4.78 is 22.9. The Bertz CT molecular complexity index is 680. The summed E-state index contributed by atoms with van der Waals surface area (Å²) in [6, 6.07) is 3.95. The first-order valence-corrected chi connectivity index (χ1v) is 8.67. The Balaban J connectivity index is 2.13. The molecule has 1 aliphatic rings. The summed E-state index contributed by atoms with van der Waals surface area (Å²) in [7, 11) is -3.45. The summed E-state index contributed by atoms with van der Waals surface area (Å²) in [6.45, 7) is 0.602. The maximum atomic E-state index is 11.5. The third kappa shape index (κ3) is 4.04. The molecule has 114 valence electrons. The summed E-state index contributed by atoms with van der Waals surface area (Å²) >= 11 is 0. The van der Waals surface area contributed by atoms with Gasteiger partial charge in [-0.2, -0.15) is 0 Å². The first-order chi connectivity index (χ1) is 9.88. The molecule has 0 aliphatic heterocycles. The van der Waals surface area contributed by atoms with E-state index in [0.717, 1.165) is 31.6 Å². The number of benzene rings is 1. The van der Waals surface area contributed by atoms with E-state index in [1.54, 1.807) is 0 Å². The van der Waals surface area contributed by atoms with Crippen molar-refractivity contribution < 1.29 is 13.3 Å². The lowest BCUT2D eigenvalue weighted by molar-refractivity contribution is -0.384. The maximum Gasteiger partial charge on any atom is 0.293 e. The van der Waals surface area contributed by atoms with Crippen molar-refractivity contribution in [3.63, 3.8) is 0 Å². The van der Waals surface area contributed by atoms with Crippen molar-refractivity contribution in [2.75, 3.05) is 18.1 Å². The minimum absolute atomic E-state index is 0.0433. The van der Waals surface area contributed by atoms with E-state index in [9.17, 15) is 18.5 Å². The highest BCUT2D eigenvalue weighted by Gasteiger charge is 2.18. The van der Waals surface area contributed by atoms with Gasteiger partial charge in [-0.3, -0.25) is 10.1 Å². The van der Waals surface area contributed by atoms with Gasteiger partial charge in [0.1, 0.15) is 5.69 Å². The summed E-state index contributed by atoms with van der Waals surface area (Å²) in [5, 5.41) is 14.1. The fourth-order valence-corrected chi connectivity index (χ4v) is 3.01. The highest BCUT2D eigenvalue weighted by molar-refractivity contribution is 7.90. The van der Waals surface area contributed by atoms with Crippen molar-refractivity contribution in [2.45, 2.75) is 30.6 Å². The van der Waals surface area contributed by atoms with Crippen LogP contribution in [0, 0.1) is 10.1 Å². The van der Waals surface area contributed by atoms with Crippen LogP contribution in [0.15, 0.2) is 34.7 Å². The topological polar surface area (TPSA) is 89.3 Å². The van der Waals surface area contributed by atoms with Gasteiger partial charge in [0, 0.05) is 18.9 Å². The van der Waals surface area contributed by atoms with Crippen LogP contribution in [0.25, 0.3) is 0 Å². The van der Waals surface area contributed by atoms with Crippen LogP contribution in [0.3, 0.4) is 0 Å². The van der Waals surface area contributed by atoms with Gasteiger partial charge in [0.05, 0.1) is 9.82 Å². The van der Waals surface area contributed by atoms with Crippen LogP contribution in [0.2, 0.25) is 0 Å². The summed E-state index contributed by atoms with van der Waals surface area (Å²) in [4.78, 5) is 10.5. The lowest BCUT2D eigenvalue weighted by Crippen LogP contribution is -2.06. The number of nitrogens with one attached hydrogen (secondary N) is 1. The van der Waals surface area contributed by atoms with Gasteiger partial charge in [-0.15, -0.1) is 0 Å². The van der Waals surface area contributed by atoms with E-state index in [-0.39, 0.29) is 10.6 Å². The number of sulfone groups is 1. The van der Waals surface area contributed by atoms with Gasteiger partial charge in [0.25, 0.3) is 5.69 Å². The third-order valence-electron chi connectivity index (χ3n) is 3.49. The molecule has 0 saturated heterocycles. The Morgan fingerprint density at radius 3 is 2.71 bits per heavy atom. The average molecular weight is 310 g/mol. The Kier molecular flexibility index (Phi) is 4.62. The van der Waals surface area contributed by atoms with Crippen LogP contribution in [-0.4, -0.2) is 26.1 Å². The van der Waals surface area contributed by atoms with Crippen molar-refractivity contribution in [1.29, 1.82) is 0 Å². The van der Waals surface area contributed by atoms with Gasteiger partial charge in [-0.25, -0.2) is 8.42 Å². The van der Waals surface area contributed by atoms with E-state index in [4.69, 9.17) is 0 Å². The fraction of sp³-hybridized carbons (Fsp3) is 0.429. The second-order valence-corrected chi connectivity index (χ2v) is 7.16. The lowest BCUT2D eigenvalue weighted by atomic mass is 10.1. The molecule has 1 aromatic carbocycles. The monoisotopic (exact) mass is 310 g/mol. The molecule has 0 bridgehead atoms. The molecule has 0 unspecified atom stereocenters. The summed E-state index contributed by atoms with van der Waals surface area (Å²) in [5.74, 6) is 0. The second kappa shape index (κ2) is 6.26. The largest absolute Gasteiger partial charge is 0.379 e. The van der Waals surface area contributed by atoms with Crippen LogP contribution in [0.4, 0.5) is 11.4 Å².